The molecule has 19 heavy (non-hydrogen) atoms. The summed E-state index contributed by atoms with van der Waals surface area (Å²) in [5, 5.41) is 3.20. The Balaban J connectivity index is 2.23. The summed E-state index contributed by atoms with van der Waals surface area (Å²) in [5.41, 5.74) is -4.36. The molecule has 1 heterocycles. The average Bonchev–Trinajstić information content (AvgIpc) is 2.39. The van der Waals surface area contributed by atoms with Gasteiger partial charge in [0, 0.05) is 0 Å². The predicted octanol–water partition coefficient (Wildman–Crippen LogP) is 2.45. The lowest BCUT2D eigenvalue weighted by molar-refractivity contribution is -0.0436. The molecule has 0 amide bonds. The predicted molar refractivity (Wildman–Crippen MR) is 64.5 cm³/mol. The van der Waals surface area contributed by atoms with E-state index in [9.17, 15) is 21.6 Å². The van der Waals surface area contributed by atoms with Gasteiger partial charge in [0.05, 0.1) is 4.90 Å². The van der Waals surface area contributed by atoms with E-state index in [2.05, 4.69) is 5.32 Å². The zero-order valence-electron chi connectivity index (χ0n) is 10.1. The van der Waals surface area contributed by atoms with E-state index in [1.807, 2.05) is 0 Å². The van der Waals surface area contributed by atoms with Crippen LogP contribution in [-0.2, 0) is 9.84 Å². The maximum atomic E-state index is 12.4. The van der Waals surface area contributed by atoms with Gasteiger partial charge in [-0.2, -0.15) is 13.2 Å². The number of alkyl halides is 3. The molecule has 1 fully saturated rings. The van der Waals surface area contributed by atoms with Gasteiger partial charge in [0.25, 0.3) is 9.84 Å². The Labute approximate surface area is 109 Å². The second-order valence-electron chi connectivity index (χ2n) is 4.54. The van der Waals surface area contributed by atoms with Gasteiger partial charge in [-0.3, -0.25) is 0 Å². The number of piperidine rings is 1. The number of nitrogens with one attached hydrogen (secondary N) is 1. The summed E-state index contributed by atoms with van der Waals surface area (Å²) in [7, 11) is -5.24. The van der Waals surface area contributed by atoms with Crippen molar-refractivity contribution >= 4 is 9.84 Å². The van der Waals surface area contributed by atoms with E-state index in [0.29, 0.717) is 0 Å². The van der Waals surface area contributed by atoms with Gasteiger partial charge in [0.1, 0.15) is 0 Å². The zero-order chi connectivity index (χ0) is 14.1. The van der Waals surface area contributed by atoms with Crippen molar-refractivity contribution in [3.8, 4) is 0 Å². The Morgan fingerprint density at radius 3 is 2.05 bits per heavy atom. The molecule has 0 aliphatic carbocycles. The summed E-state index contributed by atoms with van der Waals surface area (Å²) < 4.78 is 59.5. The Bertz CT molecular complexity index is 531. The summed E-state index contributed by atoms with van der Waals surface area (Å²) in [6.07, 6.45) is 1.82. The molecular formula is C12H14F3NO2S. The van der Waals surface area contributed by atoms with Crippen LogP contribution in [0.5, 0.6) is 0 Å². The monoisotopic (exact) mass is 293 g/mol. The number of benzene rings is 1. The van der Waals surface area contributed by atoms with Gasteiger partial charge in [0.2, 0.25) is 0 Å². The Morgan fingerprint density at radius 1 is 1.05 bits per heavy atom. The Kier molecular flexibility index (Phi) is 3.87. The van der Waals surface area contributed by atoms with E-state index in [0.717, 1.165) is 43.6 Å². The highest BCUT2D eigenvalue weighted by Gasteiger charge is 2.46. The normalized spacial score (nSPS) is 18.5. The molecule has 0 bridgehead atoms. The van der Waals surface area contributed by atoms with Crippen molar-refractivity contribution in [1.82, 2.24) is 5.32 Å². The first-order chi connectivity index (χ1) is 8.82. The lowest BCUT2D eigenvalue weighted by Gasteiger charge is -2.23. The van der Waals surface area contributed by atoms with Crippen LogP contribution in [0.2, 0.25) is 0 Å². The lowest BCUT2D eigenvalue weighted by atomic mass is 9.90. The SMILES string of the molecule is O=S(=O)(c1ccc(C2CCNCC2)cc1)C(F)(F)F. The van der Waals surface area contributed by atoms with Crippen LogP contribution in [-0.4, -0.2) is 27.0 Å². The minimum absolute atomic E-state index is 0.281. The molecular weight excluding hydrogens is 279 g/mol. The van der Waals surface area contributed by atoms with E-state index in [4.69, 9.17) is 0 Å². The number of halogens is 3. The summed E-state index contributed by atoms with van der Waals surface area (Å²) in [6.45, 7) is 1.74. The molecule has 1 N–H and O–H groups in total. The van der Waals surface area contributed by atoms with Crippen LogP contribution in [0.4, 0.5) is 13.2 Å². The number of sulfone groups is 1. The first-order valence-corrected chi connectivity index (χ1v) is 7.43. The molecule has 0 saturated carbocycles. The van der Waals surface area contributed by atoms with Gasteiger partial charge in [-0.15, -0.1) is 0 Å². The first kappa shape index (κ1) is 14.3. The van der Waals surface area contributed by atoms with Crippen LogP contribution >= 0.6 is 0 Å². The molecule has 7 heteroatoms. The molecule has 0 unspecified atom stereocenters. The van der Waals surface area contributed by atoms with Crippen molar-refractivity contribution in [2.24, 2.45) is 0 Å². The average molecular weight is 293 g/mol. The van der Waals surface area contributed by atoms with Gasteiger partial charge in [-0.1, -0.05) is 12.1 Å². The van der Waals surface area contributed by atoms with Crippen molar-refractivity contribution in [2.75, 3.05) is 13.1 Å². The maximum Gasteiger partial charge on any atom is 0.501 e. The van der Waals surface area contributed by atoms with Gasteiger partial charge < -0.3 is 5.32 Å². The number of hydrogen-bond donors (Lipinski definition) is 1. The molecule has 1 aliphatic heterocycles. The lowest BCUT2D eigenvalue weighted by Crippen LogP contribution is -2.26. The highest BCUT2D eigenvalue weighted by atomic mass is 32.2. The second kappa shape index (κ2) is 5.13. The molecule has 1 saturated heterocycles. The van der Waals surface area contributed by atoms with Crippen LogP contribution in [0.3, 0.4) is 0 Å². The van der Waals surface area contributed by atoms with E-state index in [-0.39, 0.29) is 5.92 Å². The Morgan fingerprint density at radius 2 is 1.58 bits per heavy atom. The van der Waals surface area contributed by atoms with Crippen molar-refractivity contribution in [1.29, 1.82) is 0 Å². The van der Waals surface area contributed by atoms with E-state index in [1.165, 1.54) is 12.1 Å². The third kappa shape index (κ3) is 2.92. The van der Waals surface area contributed by atoms with Crippen molar-refractivity contribution in [3.05, 3.63) is 29.8 Å². The smallest absolute Gasteiger partial charge is 0.317 e. The molecule has 0 radical (unpaired) electrons. The van der Waals surface area contributed by atoms with Gasteiger partial charge in [-0.05, 0) is 49.5 Å². The summed E-state index contributed by atoms with van der Waals surface area (Å²) in [5.74, 6) is 0.281. The molecule has 3 nitrogen and oxygen atoms in total. The fourth-order valence-electron chi connectivity index (χ4n) is 2.21. The largest absolute Gasteiger partial charge is 0.501 e. The number of hydrogen-bond acceptors (Lipinski definition) is 3. The maximum absolute atomic E-state index is 12.4. The van der Waals surface area contributed by atoms with E-state index >= 15 is 0 Å². The molecule has 0 spiro atoms. The van der Waals surface area contributed by atoms with Gasteiger partial charge in [0.15, 0.2) is 0 Å². The standard InChI is InChI=1S/C12H14F3NO2S/c13-12(14,15)19(17,18)11-3-1-9(2-4-11)10-5-7-16-8-6-10/h1-4,10,16H,5-8H2. The van der Waals surface area contributed by atoms with Crippen LogP contribution in [0.25, 0.3) is 0 Å². The quantitative estimate of drug-likeness (QED) is 0.911. The molecule has 1 aromatic carbocycles. The molecule has 0 aromatic heterocycles. The minimum Gasteiger partial charge on any atom is -0.317 e. The van der Waals surface area contributed by atoms with Crippen LogP contribution < -0.4 is 5.32 Å². The van der Waals surface area contributed by atoms with E-state index in [1.54, 1.807) is 0 Å². The zero-order valence-corrected chi connectivity index (χ0v) is 10.9. The third-order valence-corrected chi connectivity index (χ3v) is 4.81. The highest BCUT2D eigenvalue weighted by Crippen LogP contribution is 2.32. The third-order valence-electron chi connectivity index (χ3n) is 3.31. The summed E-state index contributed by atoms with van der Waals surface area (Å²) in [6, 6.07) is 5.05. The van der Waals surface area contributed by atoms with E-state index < -0.39 is 20.2 Å². The molecule has 1 aliphatic rings. The van der Waals surface area contributed by atoms with Crippen LogP contribution in [0.15, 0.2) is 29.2 Å². The first-order valence-electron chi connectivity index (χ1n) is 5.94. The fraction of sp³-hybridized carbons (Fsp3) is 0.500. The molecule has 1 aromatic rings. The summed E-state index contributed by atoms with van der Waals surface area (Å²) >= 11 is 0. The molecule has 2 rings (SSSR count). The van der Waals surface area contributed by atoms with Crippen molar-refractivity contribution in [2.45, 2.75) is 29.2 Å². The summed E-state index contributed by atoms with van der Waals surface area (Å²) in [4.78, 5) is -0.697. The van der Waals surface area contributed by atoms with Crippen LogP contribution in [0, 0.1) is 0 Å². The van der Waals surface area contributed by atoms with Crippen molar-refractivity contribution in [3.63, 3.8) is 0 Å². The minimum atomic E-state index is -5.25. The van der Waals surface area contributed by atoms with Crippen LogP contribution in [0.1, 0.15) is 24.3 Å². The van der Waals surface area contributed by atoms with Gasteiger partial charge in [-0.25, -0.2) is 8.42 Å². The second-order valence-corrected chi connectivity index (χ2v) is 6.48. The van der Waals surface area contributed by atoms with Gasteiger partial charge >= 0.3 is 5.51 Å². The molecule has 0 atom stereocenters. The highest BCUT2D eigenvalue weighted by molar-refractivity contribution is 7.92. The fourth-order valence-corrected chi connectivity index (χ4v) is 2.97. The topological polar surface area (TPSA) is 46.2 Å². The molecule has 106 valence electrons. The Hall–Kier alpha value is -1.08. The van der Waals surface area contributed by atoms with Crippen molar-refractivity contribution < 1.29 is 21.6 Å². The number of rotatable bonds is 2.